The highest BCUT2D eigenvalue weighted by Gasteiger charge is 2.45. The van der Waals surface area contributed by atoms with Gasteiger partial charge in [0, 0.05) is 37.6 Å². The van der Waals surface area contributed by atoms with Crippen LogP contribution in [0.4, 0.5) is 0 Å². The first-order chi connectivity index (χ1) is 20.3. The number of aliphatic hydroxyl groups is 3. The van der Waals surface area contributed by atoms with Crippen LogP contribution in [-0.2, 0) is 38.2 Å². The number of rotatable bonds is 20. The largest absolute Gasteiger partial charge is 0.480 e. The van der Waals surface area contributed by atoms with E-state index in [0.717, 1.165) is 0 Å². The topological polar surface area (TPSA) is 276 Å². The second kappa shape index (κ2) is 19.9. The molecule has 6 atom stereocenters. The van der Waals surface area contributed by atoms with Gasteiger partial charge in [0.1, 0.15) is 30.4 Å². The zero-order valence-corrected chi connectivity index (χ0v) is 24.3. The van der Waals surface area contributed by atoms with Crippen LogP contribution >= 0.6 is 0 Å². The zero-order valence-electron chi connectivity index (χ0n) is 24.3. The van der Waals surface area contributed by atoms with E-state index in [0.29, 0.717) is 12.8 Å². The molecule has 0 aromatic carbocycles. The number of hydrogen-bond acceptors (Lipinski definition) is 12. The minimum Gasteiger partial charge on any atom is -0.480 e. The molecule has 0 bridgehead atoms. The van der Waals surface area contributed by atoms with E-state index in [1.165, 1.54) is 13.8 Å². The Morgan fingerprint density at radius 3 is 2.23 bits per heavy atom. The lowest BCUT2D eigenvalue weighted by Crippen LogP contribution is -2.64. The molecule has 1 aliphatic heterocycles. The third-order valence-electron chi connectivity index (χ3n) is 6.52. The van der Waals surface area contributed by atoms with Crippen molar-refractivity contribution in [2.24, 2.45) is 5.73 Å². The van der Waals surface area contributed by atoms with Crippen LogP contribution in [0.5, 0.6) is 0 Å². The Hall–Kier alpha value is -3.19. The second-order valence-electron chi connectivity index (χ2n) is 9.87. The summed E-state index contributed by atoms with van der Waals surface area (Å²) in [5.41, 5.74) is 5.17. The van der Waals surface area contributed by atoms with Gasteiger partial charge in [-0.25, -0.2) is 4.79 Å². The van der Waals surface area contributed by atoms with Crippen LogP contribution in [0.2, 0.25) is 0 Å². The molecule has 3 amide bonds. The first-order valence-corrected chi connectivity index (χ1v) is 13.8. The molecule has 1 fully saturated rings. The summed E-state index contributed by atoms with van der Waals surface area (Å²) in [4.78, 5) is 58.4. The van der Waals surface area contributed by atoms with Gasteiger partial charge in [-0.2, -0.15) is 0 Å². The Labute approximate surface area is 248 Å². The minimum atomic E-state index is -1.44. The Bertz CT molecular complexity index is 977. The number of nitrogens with one attached hydrogen (secondary N) is 3. The Morgan fingerprint density at radius 1 is 0.930 bits per heavy atom. The van der Waals surface area contributed by atoms with Gasteiger partial charge < -0.3 is 61.4 Å². The van der Waals surface area contributed by atoms with Gasteiger partial charge in [-0.3, -0.25) is 19.2 Å². The molecule has 0 radical (unpaired) electrons. The van der Waals surface area contributed by atoms with E-state index in [-0.39, 0.29) is 63.3 Å². The first kappa shape index (κ1) is 37.8. The van der Waals surface area contributed by atoms with Crippen molar-refractivity contribution < 1.29 is 63.7 Å². The number of nitrogens with two attached hydrogens (primary N) is 1. The molecule has 0 spiro atoms. The highest BCUT2D eigenvalue weighted by atomic mass is 16.7. The van der Waals surface area contributed by atoms with Crippen LogP contribution in [0.3, 0.4) is 0 Å². The molecule has 17 nitrogen and oxygen atoms in total. The number of amides is 3. The summed E-state index contributed by atoms with van der Waals surface area (Å²) in [7, 11) is 0. The number of carbonyl (C=O) groups is 5. The van der Waals surface area contributed by atoms with E-state index in [2.05, 4.69) is 16.0 Å². The zero-order chi connectivity index (χ0) is 32.5. The number of carbonyl (C=O) groups excluding carboxylic acids is 3. The molecule has 1 rings (SSSR count). The fourth-order valence-corrected chi connectivity index (χ4v) is 4.05. The van der Waals surface area contributed by atoms with Gasteiger partial charge in [0.15, 0.2) is 6.29 Å². The maximum Gasteiger partial charge on any atom is 0.331 e. The molecule has 0 aromatic heterocycles. The maximum absolute atomic E-state index is 12.5. The van der Waals surface area contributed by atoms with Crippen molar-refractivity contribution in [2.45, 2.75) is 82.6 Å². The van der Waals surface area contributed by atoms with Gasteiger partial charge >= 0.3 is 11.9 Å². The van der Waals surface area contributed by atoms with Gasteiger partial charge in [-0.1, -0.05) is 0 Å². The Morgan fingerprint density at radius 2 is 1.63 bits per heavy atom. The quantitative estimate of drug-likeness (QED) is 0.0483. The number of aliphatic carboxylic acids is 2. The van der Waals surface area contributed by atoms with Crippen molar-refractivity contribution in [1.29, 1.82) is 0 Å². The lowest BCUT2D eigenvalue weighted by Gasteiger charge is -2.42. The molecule has 246 valence electrons. The molecule has 1 saturated heterocycles. The monoisotopic (exact) mass is 620 g/mol. The van der Waals surface area contributed by atoms with Crippen molar-refractivity contribution in [1.82, 2.24) is 16.0 Å². The summed E-state index contributed by atoms with van der Waals surface area (Å²) in [6.45, 7) is 2.27. The van der Waals surface area contributed by atoms with Gasteiger partial charge in [0.05, 0.1) is 26.4 Å². The molecule has 10 N–H and O–H groups in total. The number of ether oxygens (including phenoxy) is 3. The van der Waals surface area contributed by atoms with E-state index < -0.39 is 73.0 Å². The van der Waals surface area contributed by atoms with Crippen molar-refractivity contribution >= 4 is 29.7 Å². The van der Waals surface area contributed by atoms with Crippen LogP contribution in [0, 0.1) is 0 Å². The molecule has 0 saturated carbocycles. The first-order valence-electron chi connectivity index (χ1n) is 13.8. The molecular formula is C26H44N4O13. The maximum atomic E-state index is 12.5. The fourth-order valence-electron chi connectivity index (χ4n) is 4.05. The van der Waals surface area contributed by atoms with Gasteiger partial charge in [0.25, 0.3) is 0 Å². The highest BCUT2D eigenvalue weighted by molar-refractivity contribution is 6.02. The average molecular weight is 621 g/mol. The van der Waals surface area contributed by atoms with E-state index in [1.807, 2.05) is 0 Å². The predicted molar refractivity (Wildman–Crippen MR) is 147 cm³/mol. The number of unbranched alkanes of at least 4 members (excludes halogenated alkanes) is 1. The van der Waals surface area contributed by atoms with Crippen LogP contribution in [0.1, 0.15) is 46.0 Å². The third-order valence-corrected chi connectivity index (χ3v) is 6.52. The number of carboxylic acid groups (broad SMARTS) is 2. The number of hydrogen-bond donors (Lipinski definition) is 9. The van der Waals surface area contributed by atoms with Gasteiger partial charge in [-0.15, -0.1) is 0 Å². The second-order valence-corrected chi connectivity index (χ2v) is 9.87. The minimum absolute atomic E-state index is 0.0398. The summed E-state index contributed by atoms with van der Waals surface area (Å²) >= 11 is 0. The fraction of sp³-hybridized carbons (Fsp3) is 0.731. The molecule has 17 heteroatoms. The standard InChI is InChI=1S/C26H44N4O13/c1-14(24(37)38)16(23(36)29-8-4-3-5-17(27)25(39)40)6-7-19(33)28-9-10-41-11-12-42-26-20(30-15(2)32)22(35)21(34)18(13-31)43-26/h17-18,20-22,26,31,34-35H,3-13,27H2,1-2H3,(H,28,33)(H,29,36)(H,30,32)(H,37,38)(H,39,40)/b16-14-/t17-,18+,20+,21-,22+,26+/m0/s1. The van der Waals surface area contributed by atoms with Gasteiger partial charge in [0.2, 0.25) is 17.7 Å². The van der Waals surface area contributed by atoms with E-state index in [9.17, 15) is 44.4 Å². The van der Waals surface area contributed by atoms with Gasteiger partial charge in [-0.05, 0) is 32.6 Å². The smallest absolute Gasteiger partial charge is 0.331 e. The predicted octanol–water partition coefficient (Wildman–Crippen LogP) is -3.04. The Balaban J connectivity index is 2.40. The van der Waals surface area contributed by atoms with Crippen molar-refractivity contribution in [3.05, 3.63) is 11.1 Å². The molecular weight excluding hydrogens is 576 g/mol. The van der Waals surface area contributed by atoms with Crippen molar-refractivity contribution in [2.75, 3.05) is 39.5 Å². The van der Waals surface area contributed by atoms with Crippen LogP contribution in [0.25, 0.3) is 0 Å². The van der Waals surface area contributed by atoms with Crippen molar-refractivity contribution in [3.8, 4) is 0 Å². The lowest BCUT2D eigenvalue weighted by molar-refractivity contribution is -0.272. The number of carboxylic acids is 2. The lowest BCUT2D eigenvalue weighted by atomic mass is 9.97. The highest BCUT2D eigenvalue weighted by Crippen LogP contribution is 2.22. The summed E-state index contributed by atoms with van der Waals surface area (Å²) < 4.78 is 16.3. The molecule has 43 heavy (non-hydrogen) atoms. The SMILES string of the molecule is CC(=O)N[C@H]1[C@H](OCCOCCNC(=O)CC/C(C(=O)NCCCC[C@H](N)C(=O)O)=C(\C)C(=O)O)O[C@H](CO)[C@H](O)[C@@H]1O. The molecule has 0 unspecified atom stereocenters. The van der Waals surface area contributed by atoms with Crippen molar-refractivity contribution in [3.63, 3.8) is 0 Å². The normalized spacial score (nSPS) is 23.1. The number of aliphatic hydroxyl groups excluding tert-OH is 3. The summed E-state index contributed by atoms with van der Waals surface area (Å²) in [5, 5.41) is 55.3. The molecule has 1 heterocycles. The summed E-state index contributed by atoms with van der Waals surface area (Å²) in [6, 6.07) is -2.08. The van der Waals surface area contributed by atoms with E-state index >= 15 is 0 Å². The summed E-state index contributed by atoms with van der Waals surface area (Å²) in [5.74, 6) is -3.97. The Kier molecular flexibility index (Phi) is 17.5. The average Bonchev–Trinajstić information content (AvgIpc) is 2.95. The molecule has 1 aliphatic rings. The molecule has 0 aliphatic carbocycles. The van der Waals surface area contributed by atoms with E-state index in [1.54, 1.807) is 0 Å². The third kappa shape index (κ3) is 13.8. The van der Waals surface area contributed by atoms with Crippen LogP contribution < -0.4 is 21.7 Å². The molecule has 0 aromatic rings. The summed E-state index contributed by atoms with van der Waals surface area (Å²) in [6.07, 6.45) is -4.31. The van der Waals surface area contributed by atoms with E-state index in [4.69, 9.17) is 25.1 Å². The van der Waals surface area contributed by atoms with Crippen LogP contribution in [-0.4, -0.2) is 131 Å². The van der Waals surface area contributed by atoms with Crippen LogP contribution in [0.15, 0.2) is 11.1 Å².